The SMILES string of the molecule is CCNOCCOCC. The van der Waals surface area contributed by atoms with Crippen molar-refractivity contribution < 1.29 is 9.57 Å². The van der Waals surface area contributed by atoms with E-state index in [1.54, 1.807) is 0 Å². The Kier molecular flexibility index (Phi) is 7.77. The van der Waals surface area contributed by atoms with Crippen molar-refractivity contribution in [2.45, 2.75) is 13.8 Å². The van der Waals surface area contributed by atoms with Crippen LogP contribution in [0.2, 0.25) is 0 Å². The van der Waals surface area contributed by atoms with Gasteiger partial charge in [0.25, 0.3) is 0 Å². The molecular formula is C6H15NO2. The average Bonchev–Trinajstić information content (AvgIpc) is 1.89. The molecule has 0 aliphatic rings. The van der Waals surface area contributed by atoms with Crippen molar-refractivity contribution in [3.05, 3.63) is 0 Å². The summed E-state index contributed by atoms with van der Waals surface area (Å²) >= 11 is 0. The zero-order chi connectivity index (χ0) is 6.95. The van der Waals surface area contributed by atoms with E-state index in [2.05, 4.69) is 5.48 Å². The first-order valence-corrected chi connectivity index (χ1v) is 3.34. The summed E-state index contributed by atoms with van der Waals surface area (Å²) in [6.07, 6.45) is 0. The molecule has 0 radical (unpaired) electrons. The fraction of sp³-hybridized carbons (Fsp3) is 1.00. The largest absolute Gasteiger partial charge is 0.379 e. The standard InChI is InChI=1S/C6H15NO2/c1-3-7-9-6-5-8-4-2/h7H,3-6H2,1-2H3. The van der Waals surface area contributed by atoms with Crippen molar-refractivity contribution in [3.63, 3.8) is 0 Å². The summed E-state index contributed by atoms with van der Waals surface area (Å²) in [5.74, 6) is 0. The Hall–Kier alpha value is -0.120. The summed E-state index contributed by atoms with van der Waals surface area (Å²) in [4.78, 5) is 4.91. The van der Waals surface area contributed by atoms with Crippen LogP contribution in [0.15, 0.2) is 0 Å². The molecule has 0 aromatic carbocycles. The van der Waals surface area contributed by atoms with E-state index in [9.17, 15) is 0 Å². The molecule has 0 aromatic rings. The lowest BCUT2D eigenvalue weighted by Gasteiger charge is -2.01. The van der Waals surface area contributed by atoms with Crippen molar-refractivity contribution in [3.8, 4) is 0 Å². The molecule has 0 saturated carbocycles. The Morgan fingerprint density at radius 1 is 1.22 bits per heavy atom. The molecule has 9 heavy (non-hydrogen) atoms. The molecule has 0 heterocycles. The van der Waals surface area contributed by atoms with E-state index in [-0.39, 0.29) is 0 Å². The van der Waals surface area contributed by atoms with Gasteiger partial charge in [-0.3, -0.25) is 4.84 Å². The van der Waals surface area contributed by atoms with Crippen molar-refractivity contribution >= 4 is 0 Å². The predicted molar refractivity (Wildman–Crippen MR) is 36.1 cm³/mol. The lowest BCUT2D eigenvalue weighted by molar-refractivity contribution is 0.000179. The fourth-order valence-electron chi connectivity index (χ4n) is 0.419. The van der Waals surface area contributed by atoms with Crippen molar-refractivity contribution in [1.29, 1.82) is 0 Å². The summed E-state index contributed by atoms with van der Waals surface area (Å²) in [5, 5.41) is 0. The molecule has 0 unspecified atom stereocenters. The molecule has 0 saturated heterocycles. The van der Waals surface area contributed by atoms with Crippen LogP contribution in [0.3, 0.4) is 0 Å². The van der Waals surface area contributed by atoms with Crippen LogP contribution in [0.25, 0.3) is 0 Å². The molecule has 0 bridgehead atoms. The molecule has 0 aliphatic heterocycles. The third-order valence-corrected chi connectivity index (χ3v) is 0.780. The Bertz CT molecular complexity index is 44.3. The van der Waals surface area contributed by atoms with Crippen LogP contribution in [-0.4, -0.2) is 26.4 Å². The molecule has 0 amide bonds. The second kappa shape index (κ2) is 7.88. The van der Waals surface area contributed by atoms with Crippen LogP contribution in [0, 0.1) is 0 Å². The molecular weight excluding hydrogens is 118 g/mol. The summed E-state index contributed by atoms with van der Waals surface area (Å²) < 4.78 is 5.02. The topological polar surface area (TPSA) is 30.5 Å². The molecule has 3 heteroatoms. The number of hydroxylamine groups is 1. The third kappa shape index (κ3) is 7.88. The highest BCUT2D eigenvalue weighted by Crippen LogP contribution is 1.72. The van der Waals surface area contributed by atoms with Gasteiger partial charge in [-0.2, -0.15) is 0 Å². The summed E-state index contributed by atoms with van der Waals surface area (Å²) in [6, 6.07) is 0. The molecule has 1 N–H and O–H groups in total. The Morgan fingerprint density at radius 3 is 2.56 bits per heavy atom. The van der Waals surface area contributed by atoms with E-state index in [0.29, 0.717) is 13.2 Å². The van der Waals surface area contributed by atoms with Crippen molar-refractivity contribution in [2.24, 2.45) is 0 Å². The molecule has 0 spiro atoms. The number of hydrogen-bond acceptors (Lipinski definition) is 3. The van der Waals surface area contributed by atoms with Crippen LogP contribution < -0.4 is 5.48 Å². The molecule has 0 fully saturated rings. The molecule has 56 valence electrons. The van der Waals surface area contributed by atoms with Gasteiger partial charge in [-0.1, -0.05) is 6.92 Å². The average molecular weight is 133 g/mol. The predicted octanol–water partition coefficient (Wildman–Crippen LogP) is 0.564. The van der Waals surface area contributed by atoms with Gasteiger partial charge in [-0.25, -0.2) is 5.48 Å². The monoisotopic (exact) mass is 133 g/mol. The quantitative estimate of drug-likeness (QED) is 0.424. The van der Waals surface area contributed by atoms with Gasteiger partial charge in [-0.05, 0) is 6.92 Å². The first-order chi connectivity index (χ1) is 4.41. The number of ether oxygens (including phenoxy) is 1. The molecule has 0 aliphatic carbocycles. The second-order valence-electron chi connectivity index (χ2n) is 1.54. The van der Waals surface area contributed by atoms with Gasteiger partial charge < -0.3 is 4.74 Å². The number of rotatable bonds is 6. The van der Waals surface area contributed by atoms with Crippen LogP contribution in [0.1, 0.15) is 13.8 Å². The van der Waals surface area contributed by atoms with Gasteiger partial charge in [0.1, 0.15) is 0 Å². The van der Waals surface area contributed by atoms with E-state index in [1.807, 2.05) is 13.8 Å². The van der Waals surface area contributed by atoms with E-state index < -0.39 is 0 Å². The lowest BCUT2D eigenvalue weighted by atomic mass is 10.7. The second-order valence-corrected chi connectivity index (χ2v) is 1.54. The number of hydrogen-bond donors (Lipinski definition) is 1. The van der Waals surface area contributed by atoms with Gasteiger partial charge in [0.2, 0.25) is 0 Å². The van der Waals surface area contributed by atoms with E-state index in [0.717, 1.165) is 13.2 Å². The highest BCUT2D eigenvalue weighted by Gasteiger charge is 1.83. The zero-order valence-electron chi connectivity index (χ0n) is 6.14. The minimum Gasteiger partial charge on any atom is -0.379 e. The summed E-state index contributed by atoms with van der Waals surface area (Å²) in [6.45, 7) is 6.85. The van der Waals surface area contributed by atoms with E-state index in [4.69, 9.17) is 9.57 Å². The fourth-order valence-corrected chi connectivity index (χ4v) is 0.419. The van der Waals surface area contributed by atoms with Gasteiger partial charge in [-0.15, -0.1) is 0 Å². The number of nitrogens with one attached hydrogen (secondary N) is 1. The third-order valence-electron chi connectivity index (χ3n) is 0.780. The van der Waals surface area contributed by atoms with Crippen LogP contribution in [-0.2, 0) is 9.57 Å². The maximum atomic E-state index is 5.02. The normalized spacial score (nSPS) is 10.0. The molecule has 0 atom stereocenters. The zero-order valence-corrected chi connectivity index (χ0v) is 6.14. The van der Waals surface area contributed by atoms with Gasteiger partial charge in [0.05, 0.1) is 13.2 Å². The molecule has 3 nitrogen and oxygen atoms in total. The Labute approximate surface area is 56.3 Å². The summed E-state index contributed by atoms with van der Waals surface area (Å²) in [7, 11) is 0. The maximum Gasteiger partial charge on any atom is 0.0916 e. The highest BCUT2D eigenvalue weighted by molar-refractivity contribution is 4.24. The maximum absolute atomic E-state index is 5.02. The van der Waals surface area contributed by atoms with E-state index >= 15 is 0 Å². The van der Waals surface area contributed by atoms with Crippen LogP contribution in [0.4, 0.5) is 0 Å². The van der Waals surface area contributed by atoms with E-state index in [1.165, 1.54) is 0 Å². The van der Waals surface area contributed by atoms with Crippen molar-refractivity contribution in [2.75, 3.05) is 26.4 Å². The molecule has 0 aromatic heterocycles. The minimum atomic E-state index is 0.627. The molecule has 0 rings (SSSR count). The highest BCUT2D eigenvalue weighted by atomic mass is 16.7. The smallest absolute Gasteiger partial charge is 0.0916 e. The Morgan fingerprint density at radius 2 is 2.00 bits per heavy atom. The van der Waals surface area contributed by atoms with Gasteiger partial charge in [0, 0.05) is 13.2 Å². The van der Waals surface area contributed by atoms with Gasteiger partial charge >= 0.3 is 0 Å². The van der Waals surface area contributed by atoms with Crippen molar-refractivity contribution in [1.82, 2.24) is 5.48 Å². The Balaban J connectivity index is 2.60. The lowest BCUT2D eigenvalue weighted by Crippen LogP contribution is -2.17. The van der Waals surface area contributed by atoms with Crippen LogP contribution >= 0.6 is 0 Å². The minimum absolute atomic E-state index is 0.627. The first kappa shape index (κ1) is 8.88. The summed E-state index contributed by atoms with van der Waals surface area (Å²) in [5.41, 5.74) is 2.73. The first-order valence-electron chi connectivity index (χ1n) is 3.34. The van der Waals surface area contributed by atoms with Crippen LogP contribution in [0.5, 0.6) is 0 Å². The van der Waals surface area contributed by atoms with Gasteiger partial charge in [0.15, 0.2) is 0 Å².